The van der Waals surface area contributed by atoms with E-state index in [4.69, 9.17) is 4.74 Å². The molecule has 2 aromatic carbocycles. The second-order valence-electron chi connectivity index (χ2n) is 7.08. The zero-order valence-electron chi connectivity index (χ0n) is 16.6. The molecule has 0 radical (unpaired) electrons. The van der Waals surface area contributed by atoms with Gasteiger partial charge in [-0.2, -0.15) is 5.10 Å². The molecule has 0 N–H and O–H groups in total. The van der Waals surface area contributed by atoms with Crippen molar-refractivity contribution < 1.29 is 14.3 Å². The Hall–Kier alpha value is -3.41. The second-order valence-corrected chi connectivity index (χ2v) is 7.08. The van der Waals surface area contributed by atoms with Gasteiger partial charge in [-0.15, -0.1) is 0 Å². The number of benzene rings is 2. The highest BCUT2D eigenvalue weighted by Crippen LogP contribution is 2.27. The third kappa shape index (κ3) is 3.66. The molecular formula is C23H23N3O3. The van der Waals surface area contributed by atoms with Crippen molar-refractivity contribution in [2.24, 2.45) is 0 Å². The quantitative estimate of drug-likeness (QED) is 0.640. The van der Waals surface area contributed by atoms with Gasteiger partial charge in [0.25, 0.3) is 5.91 Å². The monoisotopic (exact) mass is 389 g/mol. The minimum Gasteiger partial charge on any atom is -0.461 e. The number of fused-ring (bicyclic) bond motifs is 1. The van der Waals surface area contributed by atoms with Gasteiger partial charge in [0.15, 0.2) is 5.69 Å². The lowest BCUT2D eigenvalue weighted by Crippen LogP contribution is -2.36. The molecule has 148 valence electrons. The lowest BCUT2D eigenvalue weighted by atomic mass is 10.0. The highest BCUT2D eigenvalue weighted by Gasteiger charge is 2.31. The standard InChI is InChI=1S/C23H23N3O3/c1-3-29-23(28)21-19-15-25(22(27)17-7-5-4-6-8-17)14-13-20(19)26(24-21)18-11-9-16(2)10-12-18/h4-12H,3,13-15H2,1-2H3. The van der Waals surface area contributed by atoms with E-state index in [2.05, 4.69) is 5.10 Å². The second kappa shape index (κ2) is 7.91. The van der Waals surface area contributed by atoms with Crippen molar-refractivity contribution in [1.82, 2.24) is 14.7 Å². The molecule has 0 aliphatic carbocycles. The Morgan fingerprint density at radius 1 is 1.07 bits per heavy atom. The van der Waals surface area contributed by atoms with E-state index in [-0.39, 0.29) is 18.2 Å². The number of nitrogens with zero attached hydrogens (tertiary/aromatic N) is 3. The van der Waals surface area contributed by atoms with Crippen LogP contribution in [0.3, 0.4) is 0 Å². The van der Waals surface area contributed by atoms with Crippen molar-refractivity contribution in [1.29, 1.82) is 0 Å². The number of hydrogen-bond acceptors (Lipinski definition) is 4. The SMILES string of the molecule is CCOC(=O)c1nn(-c2ccc(C)cc2)c2c1CN(C(=O)c1ccccc1)CC2. The zero-order valence-corrected chi connectivity index (χ0v) is 16.6. The number of amides is 1. The minimum atomic E-state index is -0.455. The normalized spacial score (nSPS) is 13.1. The maximum Gasteiger partial charge on any atom is 0.359 e. The number of aromatic nitrogens is 2. The molecule has 0 spiro atoms. The predicted octanol–water partition coefficient (Wildman–Crippen LogP) is 3.56. The van der Waals surface area contributed by atoms with Crippen LogP contribution in [0.1, 0.15) is 44.6 Å². The third-order valence-corrected chi connectivity index (χ3v) is 5.11. The zero-order chi connectivity index (χ0) is 20.4. The first-order chi connectivity index (χ1) is 14.1. The Bertz CT molecular complexity index is 1040. The van der Waals surface area contributed by atoms with Crippen LogP contribution >= 0.6 is 0 Å². The number of hydrogen-bond donors (Lipinski definition) is 0. The van der Waals surface area contributed by atoms with Gasteiger partial charge in [-0.25, -0.2) is 9.48 Å². The summed E-state index contributed by atoms with van der Waals surface area (Å²) in [6.45, 7) is 4.98. The molecule has 6 heteroatoms. The van der Waals surface area contributed by atoms with Crippen LogP contribution in [0, 0.1) is 6.92 Å². The Morgan fingerprint density at radius 2 is 1.79 bits per heavy atom. The molecule has 1 aromatic heterocycles. The van der Waals surface area contributed by atoms with Gasteiger partial charge in [-0.1, -0.05) is 35.9 Å². The molecule has 0 unspecified atom stereocenters. The van der Waals surface area contributed by atoms with Crippen molar-refractivity contribution in [3.05, 3.63) is 82.7 Å². The summed E-state index contributed by atoms with van der Waals surface area (Å²) in [5, 5.41) is 4.58. The van der Waals surface area contributed by atoms with E-state index in [9.17, 15) is 9.59 Å². The van der Waals surface area contributed by atoms with E-state index in [1.807, 2.05) is 54.1 Å². The van der Waals surface area contributed by atoms with Crippen LogP contribution in [-0.4, -0.2) is 39.7 Å². The topological polar surface area (TPSA) is 64.4 Å². The molecule has 0 fully saturated rings. The molecule has 0 saturated heterocycles. The first-order valence-corrected chi connectivity index (χ1v) is 9.77. The van der Waals surface area contributed by atoms with Crippen molar-refractivity contribution in [2.75, 3.05) is 13.2 Å². The van der Waals surface area contributed by atoms with Gasteiger partial charge < -0.3 is 9.64 Å². The van der Waals surface area contributed by atoms with Gasteiger partial charge in [0.2, 0.25) is 0 Å². The summed E-state index contributed by atoms with van der Waals surface area (Å²) in [4.78, 5) is 27.2. The Kier molecular flexibility index (Phi) is 5.16. The largest absolute Gasteiger partial charge is 0.461 e. The number of aryl methyl sites for hydroxylation is 1. The van der Waals surface area contributed by atoms with Crippen LogP contribution < -0.4 is 0 Å². The summed E-state index contributed by atoms with van der Waals surface area (Å²) < 4.78 is 7.04. The molecule has 0 bridgehead atoms. The highest BCUT2D eigenvalue weighted by molar-refractivity contribution is 5.95. The van der Waals surface area contributed by atoms with Crippen LogP contribution in [-0.2, 0) is 17.7 Å². The van der Waals surface area contributed by atoms with Gasteiger partial charge in [0.1, 0.15) is 0 Å². The van der Waals surface area contributed by atoms with Crippen molar-refractivity contribution >= 4 is 11.9 Å². The van der Waals surface area contributed by atoms with E-state index in [0.29, 0.717) is 25.1 Å². The van der Waals surface area contributed by atoms with Crippen LogP contribution in [0.25, 0.3) is 5.69 Å². The Labute approximate surface area is 169 Å². The van der Waals surface area contributed by atoms with Crippen molar-refractivity contribution in [3.8, 4) is 5.69 Å². The smallest absolute Gasteiger partial charge is 0.359 e. The first kappa shape index (κ1) is 18.9. The van der Waals surface area contributed by atoms with Gasteiger partial charge in [-0.3, -0.25) is 4.79 Å². The summed E-state index contributed by atoms with van der Waals surface area (Å²) in [5.41, 5.74) is 4.69. The van der Waals surface area contributed by atoms with Crippen LogP contribution in [0.2, 0.25) is 0 Å². The molecule has 1 aliphatic heterocycles. The summed E-state index contributed by atoms with van der Waals surface area (Å²) in [6, 6.07) is 17.2. The molecule has 4 rings (SSSR count). The van der Waals surface area contributed by atoms with E-state index >= 15 is 0 Å². The molecule has 6 nitrogen and oxygen atoms in total. The highest BCUT2D eigenvalue weighted by atomic mass is 16.5. The summed E-state index contributed by atoms with van der Waals surface area (Å²) in [5.74, 6) is -0.502. The fourth-order valence-electron chi connectivity index (χ4n) is 3.62. The lowest BCUT2D eigenvalue weighted by molar-refractivity contribution is 0.0513. The number of carbonyl (C=O) groups is 2. The van der Waals surface area contributed by atoms with Crippen LogP contribution in [0.15, 0.2) is 54.6 Å². The summed E-state index contributed by atoms with van der Waals surface area (Å²) in [6.07, 6.45) is 0.619. The molecule has 3 aromatic rings. The number of rotatable bonds is 4. The molecular weight excluding hydrogens is 366 g/mol. The molecule has 0 saturated carbocycles. The summed E-state index contributed by atoms with van der Waals surface area (Å²) >= 11 is 0. The van der Waals surface area contributed by atoms with E-state index in [1.54, 1.807) is 24.0 Å². The van der Waals surface area contributed by atoms with Gasteiger partial charge in [-0.05, 0) is 38.1 Å². The Morgan fingerprint density at radius 3 is 2.48 bits per heavy atom. The van der Waals surface area contributed by atoms with Gasteiger partial charge >= 0.3 is 5.97 Å². The fraction of sp³-hybridized carbons (Fsp3) is 0.261. The summed E-state index contributed by atoms with van der Waals surface area (Å²) in [7, 11) is 0. The number of carbonyl (C=O) groups excluding carboxylic acids is 2. The van der Waals surface area contributed by atoms with E-state index < -0.39 is 5.97 Å². The van der Waals surface area contributed by atoms with Crippen LogP contribution in [0.4, 0.5) is 0 Å². The maximum absolute atomic E-state index is 12.9. The first-order valence-electron chi connectivity index (χ1n) is 9.77. The van der Waals surface area contributed by atoms with Crippen LogP contribution in [0.5, 0.6) is 0 Å². The molecule has 0 atom stereocenters. The van der Waals surface area contributed by atoms with Gasteiger partial charge in [0, 0.05) is 24.1 Å². The lowest BCUT2D eigenvalue weighted by Gasteiger charge is -2.28. The molecule has 1 aliphatic rings. The number of esters is 1. The Balaban J connectivity index is 1.72. The minimum absolute atomic E-state index is 0.0471. The molecule has 2 heterocycles. The van der Waals surface area contributed by atoms with Gasteiger partial charge in [0.05, 0.1) is 24.5 Å². The van der Waals surface area contributed by atoms with E-state index in [1.165, 1.54) is 0 Å². The van der Waals surface area contributed by atoms with E-state index in [0.717, 1.165) is 22.5 Å². The number of ether oxygens (including phenoxy) is 1. The average Bonchev–Trinajstić information content (AvgIpc) is 3.13. The third-order valence-electron chi connectivity index (χ3n) is 5.11. The fourth-order valence-corrected chi connectivity index (χ4v) is 3.62. The average molecular weight is 389 g/mol. The molecule has 1 amide bonds. The van der Waals surface area contributed by atoms with Crippen molar-refractivity contribution in [2.45, 2.75) is 26.8 Å². The molecule has 29 heavy (non-hydrogen) atoms. The predicted molar refractivity (Wildman–Crippen MR) is 109 cm³/mol. The van der Waals surface area contributed by atoms with Crippen molar-refractivity contribution in [3.63, 3.8) is 0 Å². The maximum atomic E-state index is 12.9.